The van der Waals surface area contributed by atoms with Crippen LogP contribution in [-0.4, -0.2) is 12.6 Å². The van der Waals surface area contributed by atoms with Crippen LogP contribution in [0.4, 0.5) is 0 Å². The number of halogens is 1. The molecule has 1 fully saturated rings. The van der Waals surface area contributed by atoms with Crippen molar-refractivity contribution in [3.8, 4) is 0 Å². The fourth-order valence-corrected chi connectivity index (χ4v) is 2.46. The normalized spacial score (nSPS) is 16.5. The largest absolute Gasteiger partial charge is 0.472 e. The van der Waals surface area contributed by atoms with Gasteiger partial charge in [-0.3, -0.25) is 0 Å². The lowest BCUT2D eigenvalue weighted by atomic mass is 9.93. The molecule has 1 heterocycles. The number of benzene rings is 1. The second-order valence-electron chi connectivity index (χ2n) is 5.27. The molecule has 1 atom stereocenters. The minimum absolute atomic E-state index is 0.468. The summed E-state index contributed by atoms with van der Waals surface area (Å²) in [4.78, 5) is 0. The van der Waals surface area contributed by atoms with Gasteiger partial charge in [-0.2, -0.15) is 0 Å². The lowest BCUT2D eigenvalue weighted by Crippen LogP contribution is -2.24. The predicted molar refractivity (Wildman–Crippen MR) is 77.6 cm³/mol. The van der Waals surface area contributed by atoms with Gasteiger partial charge in [0, 0.05) is 23.5 Å². The van der Waals surface area contributed by atoms with E-state index in [9.17, 15) is 0 Å². The van der Waals surface area contributed by atoms with Crippen LogP contribution in [0.15, 0.2) is 47.3 Å². The number of furan rings is 1. The van der Waals surface area contributed by atoms with Crippen molar-refractivity contribution < 1.29 is 4.42 Å². The molecule has 0 spiro atoms. The van der Waals surface area contributed by atoms with E-state index in [1.165, 1.54) is 24.0 Å². The molecular weight excluding hydrogens is 258 g/mol. The Labute approximate surface area is 118 Å². The van der Waals surface area contributed by atoms with Crippen LogP contribution < -0.4 is 5.32 Å². The summed E-state index contributed by atoms with van der Waals surface area (Å²) in [6.07, 6.45) is 7.21. The van der Waals surface area contributed by atoms with Crippen LogP contribution in [0.2, 0.25) is 5.02 Å². The van der Waals surface area contributed by atoms with Crippen molar-refractivity contribution in [3.63, 3.8) is 0 Å². The molecule has 0 radical (unpaired) electrons. The molecule has 0 saturated heterocycles. The maximum atomic E-state index is 5.97. The highest BCUT2D eigenvalue weighted by Crippen LogP contribution is 2.25. The first-order valence-corrected chi connectivity index (χ1v) is 7.19. The zero-order valence-electron chi connectivity index (χ0n) is 10.8. The topological polar surface area (TPSA) is 25.2 Å². The Morgan fingerprint density at radius 3 is 2.63 bits per heavy atom. The number of hydrogen-bond acceptors (Lipinski definition) is 2. The molecule has 1 unspecified atom stereocenters. The van der Waals surface area contributed by atoms with E-state index in [1.54, 1.807) is 6.26 Å². The van der Waals surface area contributed by atoms with E-state index in [2.05, 4.69) is 17.4 Å². The summed E-state index contributed by atoms with van der Waals surface area (Å²) < 4.78 is 5.17. The molecule has 1 saturated carbocycles. The van der Waals surface area contributed by atoms with Crippen molar-refractivity contribution in [2.45, 2.75) is 31.2 Å². The lowest BCUT2D eigenvalue weighted by Gasteiger charge is -2.17. The zero-order chi connectivity index (χ0) is 13.1. The van der Waals surface area contributed by atoms with Crippen LogP contribution in [0.3, 0.4) is 0 Å². The Balaban J connectivity index is 1.71. The fourth-order valence-electron chi connectivity index (χ4n) is 2.33. The molecule has 1 N–H and O–H groups in total. The molecule has 0 bridgehead atoms. The highest BCUT2D eigenvalue weighted by atomic mass is 35.5. The van der Waals surface area contributed by atoms with Crippen molar-refractivity contribution in [2.24, 2.45) is 0 Å². The third-order valence-electron chi connectivity index (χ3n) is 3.63. The monoisotopic (exact) mass is 275 g/mol. The van der Waals surface area contributed by atoms with E-state index in [0.29, 0.717) is 5.92 Å². The first-order valence-electron chi connectivity index (χ1n) is 6.81. The molecule has 1 aromatic carbocycles. The van der Waals surface area contributed by atoms with Crippen molar-refractivity contribution in [2.75, 3.05) is 6.54 Å². The van der Waals surface area contributed by atoms with Crippen LogP contribution in [0, 0.1) is 0 Å². The van der Waals surface area contributed by atoms with Crippen LogP contribution >= 0.6 is 11.6 Å². The van der Waals surface area contributed by atoms with Gasteiger partial charge in [-0.15, -0.1) is 0 Å². The molecule has 100 valence electrons. The van der Waals surface area contributed by atoms with E-state index in [0.717, 1.165) is 24.0 Å². The van der Waals surface area contributed by atoms with Gasteiger partial charge in [0.25, 0.3) is 0 Å². The fraction of sp³-hybridized carbons (Fsp3) is 0.375. The van der Waals surface area contributed by atoms with Gasteiger partial charge in [0.05, 0.1) is 12.5 Å². The average molecular weight is 276 g/mol. The Morgan fingerprint density at radius 2 is 2.00 bits per heavy atom. The number of hydrogen-bond donors (Lipinski definition) is 1. The molecule has 3 heteroatoms. The van der Waals surface area contributed by atoms with Crippen molar-refractivity contribution in [1.29, 1.82) is 0 Å². The second-order valence-corrected chi connectivity index (χ2v) is 5.70. The molecule has 0 aliphatic heterocycles. The molecule has 2 nitrogen and oxygen atoms in total. The number of nitrogens with one attached hydrogen (secondary N) is 1. The van der Waals surface area contributed by atoms with E-state index >= 15 is 0 Å². The molecule has 1 aromatic heterocycles. The minimum Gasteiger partial charge on any atom is -0.472 e. The van der Waals surface area contributed by atoms with Crippen molar-refractivity contribution in [1.82, 2.24) is 5.32 Å². The summed E-state index contributed by atoms with van der Waals surface area (Å²) in [6, 6.07) is 11.0. The van der Waals surface area contributed by atoms with E-state index in [1.807, 2.05) is 24.5 Å². The first-order chi connectivity index (χ1) is 9.31. The highest BCUT2D eigenvalue weighted by Gasteiger charge is 2.22. The van der Waals surface area contributed by atoms with Gasteiger partial charge in [-0.25, -0.2) is 0 Å². The standard InChI is InChI=1S/C16H18ClNO/c17-15-3-1-13(2-4-15)14(10-18-16-5-6-16)9-12-7-8-19-11-12/h1-4,7-8,11,14,16,18H,5-6,9-10H2. The lowest BCUT2D eigenvalue weighted by molar-refractivity contribution is 0.551. The molecular formula is C16H18ClNO. The second kappa shape index (κ2) is 5.81. The average Bonchev–Trinajstić information content (AvgIpc) is 3.11. The van der Waals surface area contributed by atoms with Crippen molar-refractivity contribution >= 4 is 11.6 Å². The summed E-state index contributed by atoms with van der Waals surface area (Å²) >= 11 is 5.97. The van der Waals surface area contributed by atoms with Crippen LogP contribution in [-0.2, 0) is 6.42 Å². The predicted octanol–water partition coefficient (Wildman–Crippen LogP) is 4.01. The summed E-state index contributed by atoms with van der Waals surface area (Å²) in [5.41, 5.74) is 2.58. The minimum atomic E-state index is 0.468. The molecule has 2 aromatic rings. The molecule has 1 aliphatic rings. The third kappa shape index (κ3) is 3.62. The van der Waals surface area contributed by atoms with Gasteiger partial charge in [-0.1, -0.05) is 23.7 Å². The van der Waals surface area contributed by atoms with E-state index < -0.39 is 0 Å². The Hall–Kier alpha value is -1.25. The summed E-state index contributed by atoms with van der Waals surface area (Å²) in [5, 5.41) is 4.41. The Bertz CT molecular complexity index is 502. The maximum Gasteiger partial charge on any atom is 0.0934 e. The highest BCUT2D eigenvalue weighted by molar-refractivity contribution is 6.30. The third-order valence-corrected chi connectivity index (χ3v) is 3.89. The van der Waals surface area contributed by atoms with E-state index in [4.69, 9.17) is 16.0 Å². The Morgan fingerprint density at radius 1 is 1.21 bits per heavy atom. The molecule has 0 amide bonds. The zero-order valence-corrected chi connectivity index (χ0v) is 11.6. The number of rotatable bonds is 6. The van der Waals surface area contributed by atoms with Gasteiger partial charge in [0.1, 0.15) is 0 Å². The van der Waals surface area contributed by atoms with Crippen LogP contribution in [0.5, 0.6) is 0 Å². The summed E-state index contributed by atoms with van der Waals surface area (Å²) in [6.45, 7) is 1.01. The van der Waals surface area contributed by atoms with Gasteiger partial charge >= 0.3 is 0 Å². The summed E-state index contributed by atoms with van der Waals surface area (Å²) in [5.74, 6) is 0.468. The maximum absolute atomic E-state index is 5.97. The van der Waals surface area contributed by atoms with Crippen LogP contribution in [0.1, 0.15) is 29.9 Å². The molecule has 3 rings (SSSR count). The quantitative estimate of drug-likeness (QED) is 0.862. The van der Waals surface area contributed by atoms with Gasteiger partial charge in [-0.05, 0) is 48.6 Å². The van der Waals surface area contributed by atoms with Crippen LogP contribution in [0.25, 0.3) is 0 Å². The summed E-state index contributed by atoms with van der Waals surface area (Å²) in [7, 11) is 0. The van der Waals surface area contributed by atoms with Gasteiger partial charge < -0.3 is 9.73 Å². The van der Waals surface area contributed by atoms with Crippen molar-refractivity contribution in [3.05, 3.63) is 59.0 Å². The SMILES string of the molecule is Clc1ccc(C(CNC2CC2)Cc2ccoc2)cc1. The van der Waals surface area contributed by atoms with Gasteiger partial charge in [0.2, 0.25) is 0 Å². The van der Waals surface area contributed by atoms with Gasteiger partial charge in [0.15, 0.2) is 0 Å². The molecule has 1 aliphatic carbocycles. The van der Waals surface area contributed by atoms with E-state index in [-0.39, 0.29) is 0 Å². The Kier molecular flexibility index (Phi) is 3.90. The smallest absolute Gasteiger partial charge is 0.0934 e. The molecule has 19 heavy (non-hydrogen) atoms. The first kappa shape index (κ1) is 12.8.